The van der Waals surface area contributed by atoms with E-state index in [9.17, 15) is 9.90 Å². The second-order valence-electron chi connectivity index (χ2n) is 5.08. The van der Waals surface area contributed by atoms with E-state index < -0.39 is 11.9 Å². The van der Waals surface area contributed by atoms with Gasteiger partial charge in [-0.3, -0.25) is 4.79 Å². The molecule has 0 spiro atoms. The van der Waals surface area contributed by atoms with Crippen LogP contribution in [0.3, 0.4) is 0 Å². The van der Waals surface area contributed by atoms with Gasteiger partial charge in [0.1, 0.15) is 11.7 Å². The Morgan fingerprint density at radius 3 is 2.79 bits per heavy atom. The number of fused-ring (bicyclic) bond motifs is 1. The van der Waals surface area contributed by atoms with Crippen LogP contribution in [0.1, 0.15) is 30.1 Å². The lowest BCUT2D eigenvalue weighted by atomic mass is 9.99. The molecule has 0 fully saturated rings. The zero-order valence-electron chi connectivity index (χ0n) is 10.8. The highest BCUT2D eigenvalue weighted by Gasteiger charge is 2.28. The molecule has 19 heavy (non-hydrogen) atoms. The number of nitrogens with zero attached hydrogens (tertiary/aromatic N) is 2. The van der Waals surface area contributed by atoms with Crippen molar-refractivity contribution >= 4 is 5.97 Å². The Morgan fingerprint density at radius 2 is 2.11 bits per heavy atom. The van der Waals surface area contributed by atoms with Crippen molar-refractivity contribution < 1.29 is 9.90 Å². The molecule has 1 aliphatic rings. The number of hydrogen-bond donors (Lipinski definition) is 1. The van der Waals surface area contributed by atoms with Gasteiger partial charge in [-0.25, -0.2) is 4.98 Å². The first-order valence-electron chi connectivity index (χ1n) is 6.52. The molecule has 0 radical (unpaired) electrons. The van der Waals surface area contributed by atoms with Gasteiger partial charge >= 0.3 is 5.97 Å². The maximum absolute atomic E-state index is 11.3. The van der Waals surface area contributed by atoms with Crippen LogP contribution in [-0.2, 0) is 11.3 Å². The standard InChI is InChI=1S/C15H16N2O2/c1-10-4-6-11(7-5-10)13-9-17-8-2-3-12(15(18)19)14(17)16-13/h4-7,9,12H,2-3,8H2,1H3,(H,18,19). The van der Waals surface area contributed by atoms with Gasteiger partial charge in [0.15, 0.2) is 0 Å². The van der Waals surface area contributed by atoms with Crippen molar-refractivity contribution in [1.82, 2.24) is 9.55 Å². The molecule has 4 heteroatoms. The molecule has 1 unspecified atom stereocenters. The molecule has 0 bridgehead atoms. The fourth-order valence-corrected chi connectivity index (χ4v) is 2.58. The van der Waals surface area contributed by atoms with E-state index in [1.807, 2.05) is 42.0 Å². The number of carboxylic acid groups (broad SMARTS) is 1. The molecule has 1 aliphatic heterocycles. The van der Waals surface area contributed by atoms with Crippen LogP contribution in [0.5, 0.6) is 0 Å². The van der Waals surface area contributed by atoms with Crippen molar-refractivity contribution in [2.75, 3.05) is 0 Å². The molecule has 0 saturated heterocycles. The Kier molecular flexibility index (Phi) is 2.85. The molecule has 2 heterocycles. The SMILES string of the molecule is Cc1ccc(-c2cn3c(n2)C(C(=O)O)CCC3)cc1. The number of aryl methyl sites for hydroxylation is 2. The van der Waals surface area contributed by atoms with Gasteiger partial charge in [-0.05, 0) is 19.8 Å². The lowest BCUT2D eigenvalue weighted by molar-refractivity contribution is -0.139. The number of aliphatic carboxylic acids is 1. The van der Waals surface area contributed by atoms with Gasteiger partial charge < -0.3 is 9.67 Å². The summed E-state index contributed by atoms with van der Waals surface area (Å²) in [6, 6.07) is 8.14. The van der Waals surface area contributed by atoms with Gasteiger partial charge in [0.05, 0.1) is 5.69 Å². The number of carboxylic acids is 1. The van der Waals surface area contributed by atoms with Crippen LogP contribution < -0.4 is 0 Å². The average molecular weight is 256 g/mol. The Labute approximate surface area is 111 Å². The maximum atomic E-state index is 11.3. The molecule has 1 atom stereocenters. The zero-order chi connectivity index (χ0) is 13.4. The summed E-state index contributed by atoms with van der Waals surface area (Å²) in [4.78, 5) is 15.8. The molecular weight excluding hydrogens is 240 g/mol. The van der Waals surface area contributed by atoms with E-state index in [1.54, 1.807) is 0 Å². The number of rotatable bonds is 2. The van der Waals surface area contributed by atoms with E-state index in [2.05, 4.69) is 4.98 Å². The summed E-state index contributed by atoms with van der Waals surface area (Å²) in [6.45, 7) is 2.90. The third-order valence-electron chi connectivity index (χ3n) is 3.66. The first-order chi connectivity index (χ1) is 9.15. The van der Waals surface area contributed by atoms with E-state index >= 15 is 0 Å². The summed E-state index contributed by atoms with van der Waals surface area (Å²) < 4.78 is 1.98. The van der Waals surface area contributed by atoms with E-state index in [-0.39, 0.29) is 0 Å². The third-order valence-corrected chi connectivity index (χ3v) is 3.66. The second-order valence-corrected chi connectivity index (χ2v) is 5.08. The summed E-state index contributed by atoms with van der Waals surface area (Å²) in [5, 5.41) is 9.25. The van der Waals surface area contributed by atoms with Gasteiger partial charge in [-0.15, -0.1) is 0 Å². The molecule has 3 rings (SSSR count). The third kappa shape index (κ3) is 2.14. The molecule has 2 aromatic rings. The van der Waals surface area contributed by atoms with Gasteiger partial charge in [-0.2, -0.15) is 0 Å². The van der Waals surface area contributed by atoms with Crippen molar-refractivity contribution in [2.45, 2.75) is 32.2 Å². The first-order valence-corrected chi connectivity index (χ1v) is 6.52. The van der Waals surface area contributed by atoms with E-state index in [4.69, 9.17) is 0 Å². The van der Waals surface area contributed by atoms with Gasteiger partial charge in [0, 0.05) is 18.3 Å². The minimum Gasteiger partial charge on any atom is -0.481 e. The fraction of sp³-hybridized carbons (Fsp3) is 0.333. The summed E-state index contributed by atoms with van der Waals surface area (Å²) in [6.07, 6.45) is 3.54. The smallest absolute Gasteiger partial charge is 0.314 e. The number of imidazole rings is 1. The lowest BCUT2D eigenvalue weighted by Gasteiger charge is -2.19. The Bertz CT molecular complexity index is 614. The topological polar surface area (TPSA) is 55.1 Å². The predicted molar refractivity (Wildman–Crippen MR) is 72.0 cm³/mol. The van der Waals surface area contributed by atoms with Crippen LogP contribution in [0.15, 0.2) is 30.5 Å². The molecule has 0 amide bonds. The van der Waals surface area contributed by atoms with Gasteiger partial charge in [0.2, 0.25) is 0 Å². The van der Waals surface area contributed by atoms with E-state index in [0.717, 1.165) is 24.2 Å². The van der Waals surface area contributed by atoms with Crippen molar-refractivity contribution in [2.24, 2.45) is 0 Å². The number of carbonyl (C=O) groups is 1. The summed E-state index contributed by atoms with van der Waals surface area (Å²) in [7, 11) is 0. The number of hydrogen-bond acceptors (Lipinski definition) is 2. The van der Waals surface area contributed by atoms with Crippen molar-refractivity contribution in [3.8, 4) is 11.3 Å². The largest absolute Gasteiger partial charge is 0.481 e. The number of aromatic nitrogens is 2. The van der Waals surface area contributed by atoms with Crippen LogP contribution in [0.4, 0.5) is 0 Å². The minimum atomic E-state index is -0.776. The molecule has 1 aromatic carbocycles. The highest BCUT2D eigenvalue weighted by atomic mass is 16.4. The van der Waals surface area contributed by atoms with Crippen LogP contribution in [0, 0.1) is 6.92 Å². The van der Waals surface area contributed by atoms with Crippen LogP contribution in [0.2, 0.25) is 0 Å². The van der Waals surface area contributed by atoms with Gasteiger partial charge in [-0.1, -0.05) is 29.8 Å². The summed E-state index contributed by atoms with van der Waals surface area (Å²) in [5.41, 5.74) is 3.11. The molecule has 0 aliphatic carbocycles. The minimum absolute atomic E-state index is 0.465. The monoisotopic (exact) mass is 256 g/mol. The second kappa shape index (κ2) is 4.53. The van der Waals surface area contributed by atoms with Gasteiger partial charge in [0.25, 0.3) is 0 Å². The lowest BCUT2D eigenvalue weighted by Crippen LogP contribution is -2.21. The van der Waals surface area contributed by atoms with E-state index in [0.29, 0.717) is 12.2 Å². The zero-order valence-corrected chi connectivity index (χ0v) is 10.8. The summed E-state index contributed by atoms with van der Waals surface area (Å²) in [5.74, 6) is -0.552. The highest BCUT2D eigenvalue weighted by Crippen LogP contribution is 2.30. The number of benzene rings is 1. The predicted octanol–water partition coefficient (Wildman–Crippen LogP) is 2.82. The Morgan fingerprint density at radius 1 is 1.37 bits per heavy atom. The molecule has 1 aromatic heterocycles. The normalized spacial score (nSPS) is 18.1. The Balaban J connectivity index is 2.02. The average Bonchev–Trinajstić information content (AvgIpc) is 2.82. The first kappa shape index (κ1) is 12.0. The highest BCUT2D eigenvalue weighted by molar-refractivity contribution is 5.75. The van der Waals surface area contributed by atoms with Crippen LogP contribution in [0.25, 0.3) is 11.3 Å². The molecule has 98 valence electrons. The Hall–Kier alpha value is -2.10. The maximum Gasteiger partial charge on any atom is 0.314 e. The molecule has 1 N–H and O–H groups in total. The fourth-order valence-electron chi connectivity index (χ4n) is 2.58. The molecular formula is C15H16N2O2. The quantitative estimate of drug-likeness (QED) is 0.898. The summed E-state index contributed by atoms with van der Waals surface area (Å²) >= 11 is 0. The van der Waals surface area contributed by atoms with Crippen LogP contribution >= 0.6 is 0 Å². The van der Waals surface area contributed by atoms with Crippen molar-refractivity contribution in [3.63, 3.8) is 0 Å². The van der Waals surface area contributed by atoms with Crippen LogP contribution in [-0.4, -0.2) is 20.6 Å². The van der Waals surface area contributed by atoms with E-state index in [1.165, 1.54) is 5.56 Å². The molecule has 0 saturated carbocycles. The molecule has 4 nitrogen and oxygen atoms in total. The van der Waals surface area contributed by atoms with Crippen molar-refractivity contribution in [1.29, 1.82) is 0 Å². The van der Waals surface area contributed by atoms with Crippen molar-refractivity contribution in [3.05, 3.63) is 41.9 Å².